The summed E-state index contributed by atoms with van der Waals surface area (Å²) in [6, 6.07) is -0.859. The minimum Gasteiger partial charge on any atom is -0.481 e. The van der Waals surface area contributed by atoms with Crippen molar-refractivity contribution in [3.8, 4) is 0 Å². The topological polar surface area (TPSA) is 194 Å². The van der Waals surface area contributed by atoms with Gasteiger partial charge in [0.1, 0.15) is 29.1 Å². The van der Waals surface area contributed by atoms with Crippen molar-refractivity contribution in [3.05, 3.63) is 11.1 Å². The van der Waals surface area contributed by atoms with Crippen LogP contribution in [0.15, 0.2) is 15.7 Å². The lowest BCUT2D eigenvalue weighted by Crippen LogP contribution is -2.74. The molecule has 204 valence electrons. The molecule has 4 rings (SSSR count). The Kier molecular flexibility index (Phi) is 8.83. The summed E-state index contributed by atoms with van der Waals surface area (Å²) >= 11 is 3.61. The van der Waals surface area contributed by atoms with Gasteiger partial charge in [-0.15, -0.1) is 28.2 Å². The average molecular weight is 584 g/mol. The number of carboxylic acids is 1. The number of nitrogens with zero attached hydrogens (tertiary/aromatic N) is 7. The molecule has 3 atom stereocenters. The third-order valence-electron chi connectivity index (χ3n) is 5.83. The second-order valence-corrected chi connectivity index (χ2v) is 11.4. The molecule has 2 aliphatic heterocycles. The maximum Gasteiger partial charge on any atom is 0.313 e. The largest absolute Gasteiger partial charge is 0.481 e. The van der Waals surface area contributed by atoms with Crippen LogP contribution in [-0.4, -0.2) is 101 Å². The first kappa shape index (κ1) is 27.8. The molecule has 0 radical (unpaired) electrons. The van der Waals surface area contributed by atoms with Crippen LogP contribution in [0.3, 0.4) is 0 Å². The van der Waals surface area contributed by atoms with Crippen molar-refractivity contribution < 1.29 is 29.1 Å². The molecule has 2 aliphatic rings. The molecule has 0 spiro atoms. The summed E-state index contributed by atoms with van der Waals surface area (Å²) in [4.78, 5) is 60.1. The first-order chi connectivity index (χ1) is 18.3. The average Bonchev–Trinajstić information content (AvgIpc) is 3.54. The number of carbonyl (C=O) groups excluding carboxylic acids is 3. The molecule has 0 bridgehead atoms. The van der Waals surface area contributed by atoms with Crippen LogP contribution in [0.5, 0.6) is 0 Å². The predicted molar refractivity (Wildman–Crippen MR) is 139 cm³/mol. The maximum absolute atomic E-state index is 13.2. The van der Waals surface area contributed by atoms with E-state index in [4.69, 9.17) is 4.84 Å². The van der Waals surface area contributed by atoms with E-state index in [0.717, 1.165) is 24.2 Å². The van der Waals surface area contributed by atoms with Crippen molar-refractivity contribution in [3.63, 3.8) is 0 Å². The fourth-order valence-electron chi connectivity index (χ4n) is 3.68. The second kappa shape index (κ2) is 12.1. The number of thiazole rings is 1. The number of amides is 3. The molecule has 18 heteroatoms. The number of hydrogen-bond donors (Lipinski definition) is 3. The molecule has 0 aromatic carbocycles. The van der Waals surface area contributed by atoms with Gasteiger partial charge in [0.2, 0.25) is 17.5 Å². The Morgan fingerprint density at radius 2 is 2.26 bits per heavy atom. The smallest absolute Gasteiger partial charge is 0.313 e. The number of carboxylic acid groups (broad SMARTS) is 1. The molecule has 3 N–H and O–H groups in total. The zero-order valence-electron chi connectivity index (χ0n) is 20.4. The van der Waals surface area contributed by atoms with Crippen LogP contribution in [0.2, 0.25) is 0 Å². The lowest BCUT2D eigenvalue weighted by Gasteiger charge is -2.53. The van der Waals surface area contributed by atoms with Gasteiger partial charge in [-0.1, -0.05) is 30.3 Å². The van der Waals surface area contributed by atoms with Gasteiger partial charge in [0, 0.05) is 30.5 Å². The van der Waals surface area contributed by atoms with Crippen LogP contribution in [-0.2, 0) is 31.1 Å². The number of oxime groups is 1. The first-order valence-electron chi connectivity index (χ1n) is 11.5. The first-order valence-corrected chi connectivity index (χ1v) is 14.4. The highest BCUT2D eigenvalue weighted by molar-refractivity contribution is 8.00. The number of hydrogen-bond acceptors (Lipinski definition) is 13. The second-order valence-electron chi connectivity index (χ2n) is 8.50. The number of carbonyl (C=O) groups is 4. The van der Waals surface area contributed by atoms with Crippen molar-refractivity contribution in [2.45, 2.75) is 36.3 Å². The van der Waals surface area contributed by atoms with Gasteiger partial charge in [-0.25, -0.2) is 9.67 Å². The molecule has 2 unspecified atom stereocenters. The van der Waals surface area contributed by atoms with Gasteiger partial charge in [-0.05, 0) is 16.8 Å². The number of fused-ring (bicyclic) bond motifs is 1. The number of anilines is 1. The summed E-state index contributed by atoms with van der Waals surface area (Å²) in [5, 5.41) is 32.1. The molecule has 2 saturated heterocycles. The Hall–Kier alpha value is -3.25. The number of nitrogens with one attached hydrogen (secondary N) is 2. The van der Waals surface area contributed by atoms with Crippen LogP contribution in [0.25, 0.3) is 0 Å². The Morgan fingerprint density at radius 3 is 2.95 bits per heavy atom. The zero-order chi connectivity index (χ0) is 27.3. The molecule has 0 saturated carbocycles. The number of aliphatic carboxylic acids is 1. The fourth-order valence-corrected chi connectivity index (χ4v) is 7.05. The van der Waals surface area contributed by atoms with E-state index in [0.29, 0.717) is 18.2 Å². The van der Waals surface area contributed by atoms with E-state index < -0.39 is 28.7 Å². The van der Waals surface area contributed by atoms with E-state index in [1.165, 1.54) is 33.1 Å². The molecule has 2 fully saturated rings. The monoisotopic (exact) mass is 583 g/mol. The SMILES string of the molecule is CCCCON=C(C(=O)NC1C(=O)N2CC(CSc3nnnn3C)(C(=O)O)CS[C@H]12)c1csc(NC=O)n1. The van der Waals surface area contributed by atoms with Gasteiger partial charge in [0.25, 0.3) is 5.91 Å². The number of unbranched alkanes of at least 4 members (excludes halogenated alkanes) is 1. The number of aromatic nitrogens is 5. The molecule has 3 amide bonds. The number of rotatable bonds is 13. The van der Waals surface area contributed by atoms with Gasteiger partial charge in [-0.3, -0.25) is 19.2 Å². The molecular formula is C20H25N9O6S3. The summed E-state index contributed by atoms with van der Waals surface area (Å²) in [6.45, 7) is 2.28. The lowest BCUT2D eigenvalue weighted by atomic mass is 9.89. The number of aryl methyl sites for hydroxylation is 1. The van der Waals surface area contributed by atoms with Gasteiger partial charge >= 0.3 is 5.97 Å². The normalized spacial score (nSPS) is 22.8. The molecular weight excluding hydrogens is 558 g/mol. The van der Waals surface area contributed by atoms with Gasteiger partial charge in [-0.2, -0.15) is 0 Å². The molecule has 15 nitrogen and oxygen atoms in total. The molecule has 38 heavy (non-hydrogen) atoms. The molecule has 4 heterocycles. The Bertz CT molecular complexity index is 1240. The predicted octanol–water partition coefficient (Wildman–Crippen LogP) is 0.0189. The Morgan fingerprint density at radius 1 is 1.45 bits per heavy atom. The standard InChI is InChI=1S/C20H25N9O6S3/c1-3-4-5-35-25-12(11-6-36-18(22-11)21-10-30)14(31)23-13-15(32)29-7-20(17(33)34,8-37-16(13)29)9-38-19-24-26-27-28(19)2/h6,10,13,16H,3-5,7-9H2,1-2H3,(H,23,31)(H,33,34)(H,21,22,30)/t13?,16-,20?/m1/s1. The molecule has 2 aromatic heterocycles. The Balaban J connectivity index is 1.43. The quantitative estimate of drug-likeness (QED) is 0.0716. The lowest BCUT2D eigenvalue weighted by molar-refractivity contribution is -0.157. The van der Waals surface area contributed by atoms with Gasteiger partial charge < -0.3 is 25.5 Å². The van der Waals surface area contributed by atoms with E-state index in [2.05, 4.69) is 36.3 Å². The van der Waals surface area contributed by atoms with Crippen molar-refractivity contribution in [1.29, 1.82) is 0 Å². The van der Waals surface area contributed by atoms with Crippen molar-refractivity contribution in [2.75, 3.05) is 30.0 Å². The highest BCUT2D eigenvalue weighted by Gasteiger charge is 2.57. The summed E-state index contributed by atoms with van der Waals surface area (Å²) < 4.78 is 1.45. The summed E-state index contributed by atoms with van der Waals surface area (Å²) in [7, 11) is 1.66. The van der Waals surface area contributed by atoms with Crippen molar-refractivity contribution in [2.24, 2.45) is 17.6 Å². The minimum atomic E-state index is -1.20. The van der Waals surface area contributed by atoms with Gasteiger partial charge in [0.15, 0.2) is 10.8 Å². The van der Waals surface area contributed by atoms with Crippen LogP contribution in [0.1, 0.15) is 25.5 Å². The van der Waals surface area contributed by atoms with Crippen molar-refractivity contribution in [1.82, 2.24) is 35.4 Å². The van der Waals surface area contributed by atoms with Gasteiger partial charge in [0.05, 0.1) is 0 Å². The zero-order valence-corrected chi connectivity index (χ0v) is 22.8. The number of β-lactam (4-membered cyclic amide) rings is 1. The van der Waals surface area contributed by atoms with E-state index in [-0.39, 0.29) is 40.5 Å². The van der Waals surface area contributed by atoms with Crippen LogP contribution in [0, 0.1) is 5.41 Å². The Labute approximate surface area is 229 Å². The van der Waals surface area contributed by atoms with E-state index >= 15 is 0 Å². The highest BCUT2D eigenvalue weighted by atomic mass is 32.2. The summed E-state index contributed by atoms with van der Waals surface area (Å²) in [6.07, 6.45) is 2.08. The van der Waals surface area contributed by atoms with Crippen LogP contribution >= 0.6 is 34.9 Å². The molecule has 0 aliphatic carbocycles. The van der Waals surface area contributed by atoms with Crippen LogP contribution < -0.4 is 10.6 Å². The van der Waals surface area contributed by atoms with E-state index in [1.807, 2.05) is 6.92 Å². The summed E-state index contributed by atoms with van der Waals surface area (Å²) in [5.74, 6) is -1.67. The van der Waals surface area contributed by atoms with E-state index in [1.54, 1.807) is 12.4 Å². The third-order valence-corrected chi connectivity index (χ3v) is 9.50. The third kappa shape index (κ3) is 5.75. The number of thioether (sulfide) groups is 2. The molecule has 2 aromatic rings. The fraction of sp³-hybridized carbons (Fsp3) is 0.550. The highest BCUT2D eigenvalue weighted by Crippen LogP contribution is 2.44. The van der Waals surface area contributed by atoms with E-state index in [9.17, 15) is 24.3 Å². The summed E-state index contributed by atoms with van der Waals surface area (Å²) in [5.41, 5.74) is -1.14. The van der Waals surface area contributed by atoms with Crippen molar-refractivity contribution >= 4 is 69.9 Å². The minimum absolute atomic E-state index is 0.00261. The maximum atomic E-state index is 13.2. The number of tetrazole rings is 1. The van der Waals surface area contributed by atoms with Crippen LogP contribution in [0.4, 0.5) is 5.13 Å².